The van der Waals surface area contributed by atoms with Gasteiger partial charge >= 0.3 is 6.18 Å². The highest BCUT2D eigenvalue weighted by Gasteiger charge is 2.31. The zero-order valence-corrected chi connectivity index (χ0v) is 11.0. The van der Waals surface area contributed by atoms with Gasteiger partial charge in [0.25, 0.3) is 0 Å². The first kappa shape index (κ1) is 15.0. The molecule has 0 fully saturated rings. The van der Waals surface area contributed by atoms with Crippen LogP contribution in [0.4, 0.5) is 13.2 Å². The minimum atomic E-state index is -4.37. The van der Waals surface area contributed by atoms with Crippen molar-refractivity contribution in [2.45, 2.75) is 25.1 Å². The quantitative estimate of drug-likeness (QED) is 0.507. The zero-order valence-electron chi connectivity index (χ0n) is 9.39. The Morgan fingerprint density at radius 1 is 1.44 bits per heavy atom. The van der Waals surface area contributed by atoms with Crippen molar-refractivity contribution >= 4 is 15.9 Å². The van der Waals surface area contributed by atoms with Gasteiger partial charge in [0.05, 0.1) is 5.56 Å². The van der Waals surface area contributed by atoms with E-state index in [1.807, 2.05) is 0 Å². The fourth-order valence-corrected chi connectivity index (χ4v) is 2.07. The molecule has 0 amide bonds. The highest BCUT2D eigenvalue weighted by Crippen LogP contribution is 2.34. The van der Waals surface area contributed by atoms with Crippen molar-refractivity contribution < 1.29 is 13.2 Å². The number of benzene rings is 1. The molecule has 2 nitrogen and oxygen atoms in total. The second kappa shape index (κ2) is 6.23. The monoisotopic (exact) mass is 320 g/mol. The first-order valence-electron chi connectivity index (χ1n) is 5.16. The van der Waals surface area contributed by atoms with Gasteiger partial charge in [-0.15, -0.1) is 12.3 Å². The van der Waals surface area contributed by atoms with Gasteiger partial charge in [0.15, 0.2) is 0 Å². The Labute approximate surface area is 112 Å². The van der Waals surface area contributed by atoms with Gasteiger partial charge in [-0.2, -0.15) is 13.2 Å². The Morgan fingerprint density at radius 2 is 2.11 bits per heavy atom. The first-order valence-corrected chi connectivity index (χ1v) is 5.95. The number of alkyl halides is 3. The lowest BCUT2D eigenvalue weighted by molar-refractivity contribution is -0.137. The largest absolute Gasteiger partial charge is 0.416 e. The molecule has 1 rings (SSSR count). The summed E-state index contributed by atoms with van der Waals surface area (Å²) in [6, 6.07) is 3.03. The molecular formula is C12H12BrF3N2. The Balaban J connectivity index is 3.10. The van der Waals surface area contributed by atoms with Crippen LogP contribution in [-0.2, 0) is 6.18 Å². The summed E-state index contributed by atoms with van der Waals surface area (Å²) in [4.78, 5) is 0. The summed E-state index contributed by atoms with van der Waals surface area (Å²) in [5.74, 6) is 7.79. The minimum absolute atomic E-state index is 0.419. The van der Waals surface area contributed by atoms with E-state index in [9.17, 15) is 13.2 Å². The SMILES string of the molecule is C#CCCC(NN)c1cc(C(F)(F)F)ccc1Br. The van der Waals surface area contributed by atoms with Crippen molar-refractivity contribution in [1.82, 2.24) is 5.43 Å². The third kappa shape index (κ3) is 3.73. The molecule has 3 N–H and O–H groups in total. The average Bonchev–Trinajstić information content (AvgIpc) is 2.30. The molecule has 1 aromatic rings. The van der Waals surface area contributed by atoms with Crippen LogP contribution in [0, 0.1) is 12.3 Å². The van der Waals surface area contributed by atoms with Gasteiger partial charge in [0.2, 0.25) is 0 Å². The molecule has 1 atom stereocenters. The van der Waals surface area contributed by atoms with E-state index in [0.29, 0.717) is 22.9 Å². The lowest BCUT2D eigenvalue weighted by Crippen LogP contribution is -2.28. The first-order chi connectivity index (χ1) is 8.40. The fraction of sp³-hybridized carbons (Fsp3) is 0.333. The van der Waals surface area contributed by atoms with E-state index in [2.05, 4.69) is 27.3 Å². The van der Waals surface area contributed by atoms with E-state index in [0.717, 1.165) is 12.1 Å². The number of terminal acetylenes is 1. The molecule has 98 valence electrons. The van der Waals surface area contributed by atoms with Crippen LogP contribution in [0.3, 0.4) is 0 Å². The summed E-state index contributed by atoms with van der Waals surface area (Å²) in [5.41, 5.74) is 2.22. The zero-order chi connectivity index (χ0) is 13.8. The van der Waals surface area contributed by atoms with Crippen molar-refractivity contribution in [1.29, 1.82) is 0 Å². The van der Waals surface area contributed by atoms with Crippen LogP contribution < -0.4 is 11.3 Å². The number of rotatable bonds is 4. The molecule has 0 bridgehead atoms. The predicted octanol–water partition coefficient (Wildman–Crippen LogP) is 3.39. The molecule has 0 aliphatic heterocycles. The molecule has 0 aliphatic rings. The predicted molar refractivity (Wildman–Crippen MR) is 67.3 cm³/mol. The van der Waals surface area contributed by atoms with Gasteiger partial charge < -0.3 is 0 Å². The van der Waals surface area contributed by atoms with Crippen LogP contribution in [0.2, 0.25) is 0 Å². The van der Waals surface area contributed by atoms with Crippen LogP contribution in [0.25, 0.3) is 0 Å². The molecule has 0 aliphatic carbocycles. The van der Waals surface area contributed by atoms with Crippen molar-refractivity contribution in [2.24, 2.45) is 5.84 Å². The normalized spacial score (nSPS) is 13.1. The molecule has 0 aromatic heterocycles. The lowest BCUT2D eigenvalue weighted by atomic mass is 10.0. The number of hydrogen-bond donors (Lipinski definition) is 2. The van der Waals surface area contributed by atoms with Crippen molar-refractivity contribution in [3.8, 4) is 12.3 Å². The number of hydrogen-bond acceptors (Lipinski definition) is 2. The number of nitrogens with two attached hydrogens (primary N) is 1. The Hall–Kier alpha value is -1.03. The fourth-order valence-electron chi connectivity index (χ4n) is 1.54. The Kier molecular flexibility index (Phi) is 5.20. The standard InChI is InChI=1S/C12H12BrF3N2/c1-2-3-4-11(18-17)9-7-8(12(14,15)16)5-6-10(9)13/h1,5-7,11,18H,3-4,17H2. The van der Waals surface area contributed by atoms with E-state index in [-0.39, 0.29) is 0 Å². The van der Waals surface area contributed by atoms with E-state index in [1.54, 1.807) is 0 Å². The summed E-state index contributed by atoms with van der Waals surface area (Å²) in [5, 5.41) is 0. The molecule has 0 saturated heterocycles. The summed E-state index contributed by atoms with van der Waals surface area (Å²) in [6.45, 7) is 0. The van der Waals surface area contributed by atoms with Crippen LogP contribution in [-0.4, -0.2) is 0 Å². The molecule has 1 aromatic carbocycles. The maximum atomic E-state index is 12.6. The molecule has 1 unspecified atom stereocenters. The van der Waals surface area contributed by atoms with Crippen LogP contribution in [0.15, 0.2) is 22.7 Å². The van der Waals surface area contributed by atoms with E-state index in [1.165, 1.54) is 6.07 Å². The Morgan fingerprint density at radius 3 is 2.61 bits per heavy atom. The molecule has 18 heavy (non-hydrogen) atoms. The molecule has 0 saturated carbocycles. The number of hydrazine groups is 1. The van der Waals surface area contributed by atoms with Crippen molar-refractivity contribution in [3.63, 3.8) is 0 Å². The summed E-state index contributed by atoms with van der Waals surface area (Å²) < 4.78 is 38.4. The van der Waals surface area contributed by atoms with Gasteiger partial charge in [0, 0.05) is 16.9 Å². The minimum Gasteiger partial charge on any atom is -0.271 e. The molecular weight excluding hydrogens is 309 g/mol. The second-order valence-electron chi connectivity index (χ2n) is 3.70. The van der Waals surface area contributed by atoms with Gasteiger partial charge in [-0.3, -0.25) is 11.3 Å². The summed E-state index contributed by atoms with van der Waals surface area (Å²) >= 11 is 3.22. The second-order valence-corrected chi connectivity index (χ2v) is 4.55. The molecule has 0 heterocycles. The molecule has 0 radical (unpaired) electrons. The van der Waals surface area contributed by atoms with E-state index >= 15 is 0 Å². The van der Waals surface area contributed by atoms with Gasteiger partial charge in [-0.1, -0.05) is 15.9 Å². The summed E-state index contributed by atoms with van der Waals surface area (Å²) in [7, 11) is 0. The lowest BCUT2D eigenvalue weighted by Gasteiger charge is -2.18. The van der Waals surface area contributed by atoms with Gasteiger partial charge in [-0.25, -0.2) is 0 Å². The van der Waals surface area contributed by atoms with Crippen LogP contribution >= 0.6 is 15.9 Å². The Bertz CT molecular complexity index is 452. The maximum Gasteiger partial charge on any atom is 0.416 e. The average molecular weight is 321 g/mol. The highest BCUT2D eigenvalue weighted by atomic mass is 79.9. The van der Waals surface area contributed by atoms with Crippen LogP contribution in [0.1, 0.15) is 30.0 Å². The smallest absolute Gasteiger partial charge is 0.271 e. The number of nitrogens with one attached hydrogen (secondary N) is 1. The number of halogens is 4. The van der Waals surface area contributed by atoms with Gasteiger partial charge in [-0.05, 0) is 30.2 Å². The molecule has 6 heteroatoms. The maximum absolute atomic E-state index is 12.6. The highest BCUT2D eigenvalue weighted by molar-refractivity contribution is 9.10. The molecule has 0 spiro atoms. The van der Waals surface area contributed by atoms with E-state index < -0.39 is 17.8 Å². The van der Waals surface area contributed by atoms with Crippen molar-refractivity contribution in [3.05, 3.63) is 33.8 Å². The summed E-state index contributed by atoms with van der Waals surface area (Å²) in [6.07, 6.45) is 1.66. The topological polar surface area (TPSA) is 38.0 Å². The van der Waals surface area contributed by atoms with Gasteiger partial charge in [0.1, 0.15) is 0 Å². The third-order valence-electron chi connectivity index (χ3n) is 2.48. The van der Waals surface area contributed by atoms with Crippen LogP contribution in [0.5, 0.6) is 0 Å². The van der Waals surface area contributed by atoms with Crippen molar-refractivity contribution in [2.75, 3.05) is 0 Å². The third-order valence-corrected chi connectivity index (χ3v) is 3.20. The van der Waals surface area contributed by atoms with E-state index in [4.69, 9.17) is 12.3 Å².